The highest BCUT2D eigenvalue weighted by Crippen LogP contribution is 2.06. The average molecular weight is 171 g/mol. The maximum Gasteiger partial charge on any atom is 0.223 e. The second-order valence-corrected chi connectivity index (χ2v) is 3.61. The van der Waals surface area contributed by atoms with E-state index in [0.717, 1.165) is 19.6 Å². The zero-order valence-corrected chi connectivity index (χ0v) is 7.79. The molecule has 4 heteroatoms. The first-order valence-electron chi connectivity index (χ1n) is 4.27. The molecule has 0 atom stereocenters. The van der Waals surface area contributed by atoms with Gasteiger partial charge in [-0.25, -0.2) is 0 Å². The molecule has 12 heavy (non-hydrogen) atoms. The number of nitrogens with two attached hydrogens (primary N) is 1. The van der Waals surface area contributed by atoms with E-state index in [0.29, 0.717) is 6.42 Å². The fraction of sp³-hybridized carbons (Fsp3) is 0.875. The van der Waals surface area contributed by atoms with Crippen LogP contribution in [0.1, 0.15) is 6.42 Å². The van der Waals surface area contributed by atoms with Gasteiger partial charge in [-0.05, 0) is 14.1 Å². The van der Waals surface area contributed by atoms with Crippen LogP contribution in [-0.4, -0.2) is 55.5 Å². The minimum absolute atomic E-state index is 0.216. The molecular formula is C8H17N3O. The van der Waals surface area contributed by atoms with Crippen molar-refractivity contribution in [1.82, 2.24) is 9.80 Å². The summed E-state index contributed by atoms with van der Waals surface area (Å²) in [6.45, 7) is 2.31. The summed E-state index contributed by atoms with van der Waals surface area (Å²) in [5.74, 6) is 0.227. The predicted molar refractivity (Wildman–Crippen MR) is 47.7 cm³/mol. The Morgan fingerprint density at radius 1 is 1.58 bits per heavy atom. The maximum absolute atomic E-state index is 11.3. The second-order valence-electron chi connectivity index (χ2n) is 3.61. The summed E-state index contributed by atoms with van der Waals surface area (Å²) in [6, 6.07) is 0.216. The van der Waals surface area contributed by atoms with Crippen LogP contribution in [0.5, 0.6) is 0 Å². The van der Waals surface area contributed by atoms with Crippen LogP contribution < -0.4 is 5.73 Å². The van der Waals surface area contributed by atoms with Crippen LogP contribution in [0.2, 0.25) is 0 Å². The van der Waals surface area contributed by atoms with Crippen LogP contribution in [-0.2, 0) is 4.79 Å². The van der Waals surface area contributed by atoms with Crippen LogP contribution in [0, 0.1) is 0 Å². The summed E-state index contributed by atoms with van der Waals surface area (Å²) in [6.07, 6.45) is 0.611. The van der Waals surface area contributed by atoms with Gasteiger partial charge >= 0.3 is 0 Å². The molecule has 0 spiro atoms. The summed E-state index contributed by atoms with van der Waals surface area (Å²) in [4.78, 5) is 15.1. The van der Waals surface area contributed by atoms with Gasteiger partial charge in [-0.3, -0.25) is 4.79 Å². The van der Waals surface area contributed by atoms with Gasteiger partial charge in [-0.15, -0.1) is 0 Å². The molecule has 1 fully saturated rings. The van der Waals surface area contributed by atoms with Gasteiger partial charge in [0.15, 0.2) is 0 Å². The molecule has 1 amide bonds. The van der Waals surface area contributed by atoms with Gasteiger partial charge < -0.3 is 15.5 Å². The van der Waals surface area contributed by atoms with E-state index in [1.54, 1.807) is 0 Å². The summed E-state index contributed by atoms with van der Waals surface area (Å²) in [5, 5.41) is 0. The summed E-state index contributed by atoms with van der Waals surface area (Å²) in [7, 11) is 3.93. The topological polar surface area (TPSA) is 49.6 Å². The normalized spacial score (nSPS) is 18.2. The van der Waals surface area contributed by atoms with E-state index < -0.39 is 0 Å². The smallest absolute Gasteiger partial charge is 0.223 e. The third kappa shape index (κ3) is 2.46. The Balaban J connectivity index is 2.13. The van der Waals surface area contributed by atoms with E-state index in [1.807, 2.05) is 23.9 Å². The highest BCUT2D eigenvalue weighted by Gasteiger charge is 2.26. The van der Waals surface area contributed by atoms with E-state index in [9.17, 15) is 4.79 Å². The monoisotopic (exact) mass is 171 g/mol. The van der Waals surface area contributed by atoms with Crippen molar-refractivity contribution in [3.8, 4) is 0 Å². The van der Waals surface area contributed by atoms with Crippen molar-refractivity contribution in [2.24, 2.45) is 5.73 Å². The van der Waals surface area contributed by atoms with Gasteiger partial charge in [0.25, 0.3) is 0 Å². The number of nitrogens with zero attached hydrogens (tertiary/aromatic N) is 2. The van der Waals surface area contributed by atoms with Crippen molar-refractivity contribution in [3.63, 3.8) is 0 Å². The zero-order chi connectivity index (χ0) is 9.14. The van der Waals surface area contributed by atoms with E-state index in [1.165, 1.54) is 0 Å². The Hall–Kier alpha value is -0.610. The van der Waals surface area contributed by atoms with Gasteiger partial charge in [0.1, 0.15) is 0 Å². The fourth-order valence-corrected chi connectivity index (χ4v) is 1.19. The molecule has 0 aromatic heterocycles. The maximum atomic E-state index is 11.3. The first-order valence-corrected chi connectivity index (χ1v) is 4.27. The summed E-state index contributed by atoms with van der Waals surface area (Å²) >= 11 is 0. The molecule has 0 bridgehead atoms. The standard InChI is InChI=1S/C8H17N3O/c1-10(2)4-3-8(12)11-5-7(9)6-11/h7H,3-6,9H2,1-2H3. The van der Waals surface area contributed by atoms with E-state index in [4.69, 9.17) is 5.73 Å². The largest absolute Gasteiger partial charge is 0.339 e. The van der Waals surface area contributed by atoms with Crippen molar-refractivity contribution < 1.29 is 4.79 Å². The molecule has 1 heterocycles. The Morgan fingerprint density at radius 3 is 2.58 bits per heavy atom. The lowest BCUT2D eigenvalue weighted by molar-refractivity contribution is -0.135. The third-order valence-corrected chi connectivity index (χ3v) is 2.04. The van der Waals surface area contributed by atoms with Crippen molar-refractivity contribution in [2.45, 2.75) is 12.5 Å². The number of likely N-dealkylation sites (tertiary alicyclic amines) is 1. The number of carbonyl (C=O) groups excluding carboxylic acids is 1. The molecule has 1 rings (SSSR count). The molecular weight excluding hydrogens is 154 g/mol. The lowest BCUT2D eigenvalue weighted by atomic mass is 10.1. The van der Waals surface area contributed by atoms with Crippen LogP contribution in [0.3, 0.4) is 0 Å². The number of carbonyl (C=O) groups is 1. The molecule has 1 aliphatic rings. The molecule has 0 aliphatic carbocycles. The molecule has 1 aliphatic heterocycles. The minimum atomic E-state index is 0.216. The molecule has 0 unspecified atom stereocenters. The van der Waals surface area contributed by atoms with Gasteiger partial charge in [0.05, 0.1) is 0 Å². The second kappa shape index (κ2) is 3.87. The highest BCUT2D eigenvalue weighted by atomic mass is 16.2. The molecule has 70 valence electrons. The first kappa shape index (κ1) is 9.48. The Kier molecular flexibility index (Phi) is 3.05. The minimum Gasteiger partial charge on any atom is -0.339 e. The van der Waals surface area contributed by atoms with Gasteiger partial charge in [-0.2, -0.15) is 0 Å². The lowest BCUT2D eigenvalue weighted by Gasteiger charge is -2.37. The molecule has 2 N–H and O–H groups in total. The molecule has 0 radical (unpaired) electrons. The Morgan fingerprint density at radius 2 is 2.17 bits per heavy atom. The molecule has 1 saturated heterocycles. The van der Waals surface area contributed by atoms with E-state index in [-0.39, 0.29) is 11.9 Å². The lowest BCUT2D eigenvalue weighted by Crippen LogP contribution is -2.58. The number of hydrogen-bond donors (Lipinski definition) is 1. The van der Waals surface area contributed by atoms with Gasteiger partial charge in [-0.1, -0.05) is 0 Å². The molecule has 0 aromatic carbocycles. The molecule has 0 aromatic rings. The third-order valence-electron chi connectivity index (χ3n) is 2.04. The Labute approximate surface area is 73.3 Å². The first-order chi connectivity index (χ1) is 5.59. The van der Waals surface area contributed by atoms with Crippen molar-refractivity contribution in [2.75, 3.05) is 33.7 Å². The predicted octanol–water partition coefficient (Wildman–Crippen LogP) is -0.892. The van der Waals surface area contributed by atoms with Crippen LogP contribution in [0.4, 0.5) is 0 Å². The SMILES string of the molecule is CN(C)CCC(=O)N1CC(N)C1. The van der Waals surface area contributed by atoms with Crippen LogP contribution in [0.25, 0.3) is 0 Å². The van der Waals surface area contributed by atoms with Crippen molar-refractivity contribution >= 4 is 5.91 Å². The van der Waals surface area contributed by atoms with Crippen LogP contribution >= 0.6 is 0 Å². The van der Waals surface area contributed by atoms with Gasteiger partial charge in [0.2, 0.25) is 5.91 Å². The van der Waals surface area contributed by atoms with Gasteiger partial charge in [0, 0.05) is 32.1 Å². The van der Waals surface area contributed by atoms with Crippen molar-refractivity contribution in [3.05, 3.63) is 0 Å². The number of amides is 1. The quantitative estimate of drug-likeness (QED) is 0.599. The summed E-state index contributed by atoms with van der Waals surface area (Å²) < 4.78 is 0. The number of rotatable bonds is 3. The zero-order valence-electron chi connectivity index (χ0n) is 7.79. The average Bonchev–Trinajstić information content (AvgIpc) is 1.94. The fourth-order valence-electron chi connectivity index (χ4n) is 1.19. The number of hydrogen-bond acceptors (Lipinski definition) is 3. The van der Waals surface area contributed by atoms with E-state index in [2.05, 4.69) is 0 Å². The molecule has 4 nitrogen and oxygen atoms in total. The van der Waals surface area contributed by atoms with Crippen LogP contribution in [0.15, 0.2) is 0 Å². The molecule has 0 saturated carbocycles. The summed E-state index contributed by atoms with van der Waals surface area (Å²) in [5.41, 5.74) is 5.56. The van der Waals surface area contributed by atoms with E-state index >= 15 is 0 Å². The highest BCUT2D eigenvalue weighted by molar-refractivity contribution is 5.77. The van der Waals surface area contributed by atoms with Crippen molar-refractivity contribution in [1.29, 1.82) is 0 Å². The Bertz CT molecular complexity index is 164.